The maximum absolute atomic E-state index is 5.86. The smallest absolute Gasteiger partial charge is 0.132 e. The van der Waals surface area contributed by atoms with E-state index in [1.807, 2.05) is 44.3 Å². The monoisotopic (exact) mass is 276 g/mol. The number of aromatic nitrogens is 2. The number of halogens is 1. The molecule has 0 bridgehead atoms. The van der Waals surface area contributed by atoms with E-state index >= 15 is 0 Å². The van der Waals surface area contributed by atoms with Crippen LogP contribution in [0.4, 0.5) is 11.6 Å². The molecule has 100 valence electrons. The maximum Gasteiger partial charge on any atom is 0.132 e. The zero-order valence-electron chi connectivity index (χ0n) is 11.1. The first kappa shape index (κ1) is 13.6. The van der Waals surface area contributed by atoms with Gasteiger partial charge in [0.2, 0.25) is 0 Å². The lowest BCUT2D eigenvalue weighted by Crippen LogP contribution is -2.06. The summed E-state index contributed by atoms with van der Waals surface area (Å²) >= 11 is 5.86. The molecule has 2 N–H and O–H groups in total. The Bertz CT molecular complexity index is 517. The minimum atomic E-state index is 0.709. The molecule has 19 heavy (non-hydrogen) atoms. The lowest BCUT2D eigenvalue weighted by Gasteiger charge is -2.09. The number of hydrogen-bond donors (Lipinski definition) is 2. The summed E-state index contributed by atoms with van der Waals surface area (Å²) in [5.74, 6) is 2.47. The van der Waals surface area contributed by atoms with Gasteiger partial charge in [-0.2, -0.15) is 0 Å². The van der Waals surface area contributed by atoms with Gasteiger partial charge in [-0.05, 0) is 17.7 Å². The maximum atomic E-state index is 5.86. The molecule has 0 spiro atoms. The molecule has 1 aromatic heterocycles. The molecule has 0 fully saturated rings. The van der Waals surface area contributed by atoms with Crippen LogP contribution in [0.25, 0.3) is 0 Å². The number of nitrogens with zero attached hydrogens (tertiary/aromatic N) is 2. The minimum absolute atomic E-state index is 0.709. The fourth-order valence-corrected chi connectivity index (χ4v) is 1.79. The number of anilines is 2. The summed E-state index contributed by atoms with van der Waals surface area (Å²) in [4.78, 5) is 8.80. The molecule has 0 aliphatic heterocycles. The normalized spacial score (nSPS) is 10.3. The fraction of sp³-hybridized carbons (Fsp3) is 0.286. The van der Waals surface area contributed by atoms with E-state index in [9.17, 15) is 0 Å². The molecule has 1 aromatic carbocycles. The lowest BCUT2D eigenvalue weighted by atomic mass is 10.2. The highest BCUT2D eigenvalue weighted by Crippen LogP contribution is 2.14. The van der Waals surface area contributed by atoms with Crippen LogP contribution in [0.2, 0.25) is 5.02 Å². The van der Waals surface area contributed by atoms with Crippen LogP contribution >= 0.6 is 11.6 Å². The largest absolute Gasteiger partial charge is 0.373 e. The third-order valence-corrected chi connectivity index (χ3v) is 2.98. The number of benzene rings is 1. The summed E-state index contributed by atoms with van der Waals surface area (Å²) in [5, 5.41) is 7.08. The minimum Gasteiger partial charge on any atom is -0.373 e. The van der Waals surface area contributed by atoms with Gasteiger partial charge in [0, 0.05) is 31.1 Å². The highest BCUT2D eigenvalue weighted by molar-refractivity contribution is 6.30. The van der Waals surface area contributed by atoms with Crippen molar-refractivity contribution in [2.45, 2.75) is 19.9 Å². The van der Waals surface area contributed by atoms with E-state index in [1.54, 1.807) is 0 Å². The Morgan fingerprint density at radius 2 is 1.79 bits per heavy atom. The lowest BCUT2D eigenvalue weighted by molar-refractivity contribution is 0.934. The van der Waals surface area contributed by atoms with Gasteiger partial charge in [0.05, 0.1) is 0 Å². The molecule has 0 radical (unpaired) electrons. The fourth-order valence-electron chi connectivity index (χ4n) is 1.67. The number of hydrogen-bond acceptors (Lipinski definition) is 4. The van der Waals surface area contributed by atoms with Crippen molar-refractivity contribution < 1.29 is 0 Å². The van der Waals surface area contributed by atoms with Crippen LogP contribution in [0.5, 0.6) is 0 Å². The Morgan fingerprint density at radius 3 is 2.42 bits per heavy atom. The summed E-state index contributed by atoms with van der Waals surface area (Å²) in [6, 6.07) is 9.66. The molecule has 0 aliphatic rings. The molecule has 0 amide bonds. The van der Waals surface area contributed by atoms with E-state index in [4.69, 9.17) is 11.6 Å². The third-order valence-electron chi connectivity index (χ3n) is 2.73. The van der Waals surface area contributed by atoms with E-state index in [-0.39, 0.29) is 0 Å². The van der Waals surface area contributed by atoms with Gasteiger partial charge < -0.3 is 10.6 Å². The first-order valence-electron chi connectivity index (χ1n) is 6.25. The van der Waals surface area contributed by atoms with Crippen LogP contribution in [-0.2, 0) is 13.0 Å². The Labute approximate surface area is 118 Å². The van der Waals surface area contributed by atoms with Crippen LogP contribution < -0.4 is 10.6 Å². The molecular formula is C14H17ClN4. The van der Waals surface area contributed by atoms with Gasteiger partial charge in [0.1, 0.15) is 17.5 Å². The number of rotatable bonds is 5. The molecule has 0 unspecified atom stereocenters. The molecular weight excluding hydrogens is 260 g/mol. The topological polar surface area (TPSA) is 49.8 Å². The van der Waals surface area contributed by atoms with Crippen molar-refractivity contribution in [3.63, 3.8) is 0 Å². The molecule has 0 saturated heterocycles. The van der Waals surface area contributed by atoms with Gasteiger partial charge in [0.15, 0.2) is 0 Å². The molecule has 1 heterocycles. The zero-order chi connectivity index (χ0) is 13.7. The van der Waals surface area contributed by atoms with Gasteiger partial charge >= 0.3 is 0 Å². The van der Waals surface area contributed by atoms with Gasteiger partial charge in [-0.25, -0.2) is 9.97 Å². The SMILES string of the molecule is CCc1nc(NC)cc(NCc2ccc(Cl)cc2)n1. The van der Waals surface area contributed by atoms with E-state index in [1.165, 1.54) is 0 Å². The second-order valence-corrected chi connectivity index (χ2v) is 4.57. The third kappa shape index (κ3) is 3.83. The molecule has 4 nitrogen and oxygen atoms in total. The highest BCUT2D eigenvalue weighted by Gasteiger charge is 2.02. The van der Waals surface area contributed by atoms with Crippen LogP contribution in [0, 0.1) is 0 Å². The second kappa shape index (κ2) is 6.38. The van der Waals surface area contributed by atoms with Crippen LogP contribution in [0.15, 0.2) is 30.3 Å². The number of aryl methyl sites for hydroxylation is 1. The summed E-state index contributed by atoms with van der Waals surface area (Å²) in [6.07, 6.45) is 0.811. The van der Waals surface area contributed by atoms with E-state index in [2.05, 4.69) is 20.6 Å². The Morgan fingerprint density at radius 1 is 1.11 bits per heavy atom. The number of nitrogens with one attached hydrogen (secondary N) is 2. The van der Waals surface area contributed by atoms with Crippen molar-refractivity contribution in [3.8, 4) is 0 Å². The summed E-state index contributed by atoms with van der Waals surface area (Å²) in [6.45, 7) is 2.75. The molecule has 5 heteroatoms. The van der Waals surface area contributed by atoms with Crippen molar-refractivity contribution in [1.29, 1.82) is 0 Å². The van der Waals surface area contributed by atoms with Crippen LogP contribution in [0.3, 0.4) is 0 Å². The first-order valence-corrected chi connectivity index (χ1v) is 6.63. The van der Waals surface area contributed by atoms with E-state index in [0.29, 0.717) is 6.54 Å². The molecule has 0 atom stereocenters. The van der Waals surface area contributed by atoms with E-state index < -0.39 is 0 Å². The first-order chi connectivity index (χ1) is 9.21. The average Bonchev–Trinajstić information content (AvgIpc) is 2.46. The molecule has 0 aliphatic carbocycles. The summed E-state index contributed by atoms with van der Waals surface area (Å²) in [5.41, 5.74) is 1.16. The molecule has 0 saturated carbocycles. The van der Waals surface area contributed by atoms with Gasteiger partial charge in [-0.3, -0.25) is 0 Å². The van der Waals surface area contributed by atoms with Gasteiger partial charge in [-0.15, -0.1) is 0 Å². The summed E-state index contributed by atoms with van der Waals surface area (Å²) in [7, 11) is 1.85. The van der Waals surface area contributed by atoms with Gasteiger partial charge in [-0.1, -0.05) is 30.7 Å². The van der Waals surface area contributed by atoms with Crippen molar-refractivity contribution in [2.75, 3.05) is 17.7 Å². The van der Waals surface area contributed by atoms with Crippen LogP contribution in [0.1, 0.15) is 18.3 Å². The second-order valence-electron chi connectivity index (χ2n) is 4.14. The quantitative estimate of drug-likeness (QED) is 0.879. The standard InChI is InChI=1S/C14H17ClN4/c1-3-12-18-13(16-2)8-14(19-12)17-9-10-4-6-11(15)7-5-10/h4-8H,3,9H2,1-2H3,(H2,16,17,18,19). The van der Waals surface area contributed by atoms with Gasteiger partial charge in [0.25, 0.3) is 0 Å². The zero-order valence-corrected chi connectivity index (χ0v) is 11.8. The predicted octanol–water partition coefficient (Wildman–Crippen LogP) is 3.35. The average molecular weight is 277 g/mol. The van der Waals surface area contributed by atoms with Crippen molar-refractivity contribution >= 4 is 23.2 Å². The van der Waals surface area contributed by atoms with Crippen molar-refractivity contribution in [1.82, 2.24) is 9.97 Å². The van der Waals surface area contributed by atoms with Crippen molar-refractivity contribution in [3.05, 3.63) is 46.7 Å². The van der Waals surface area contributed by atoms with E-state index in [0.717, 1.165) is 34.5 Å². The van der Waals surface area contributed by atoms with Crippen LogP contribution in [-0.4, -0.2) is 17.0 Å². The highest BCUT2D eigenvalue weighted by atomic mass is 35.5. The Balaban J connectivity index is 2.08. The Kier molecular flexibility index (Phi) is 4.58. The molecule has 2 rings (SSSR count). The molecule has 2 aromatic rings. The predicted molar refractivity (Wildman–Crippen MR) is 79.7 cm³/mol. The van der Waals surface area contributed by atoms with Crippen molar-refractivity contribution in [2.24, 2.45) is 0 Å². The summed E-state index contributed by atoms with van der Waals surface area (Å²) < 4.78 is 0. The Hall–Kier alpha value is -1.81.